The number of aromatic nitrogens is 1. The van der Waals surface area contributed by atoms with Gasteiger partial charge in [0.05, 0.1) is 12.3 Å². The number of nitrogens with zero attached hydrogens (tertiary/aromatic N) is 1. The lowest BCUT2D eigenvalue weighted by Crippen LogP contribution is -2.05. The van der Waals surface area contributed by atoms with E-state index in [0.717, 1.165) is 25.0 Å². The average Bonchev–Trinajstić information content (AvgIpc) is 3.07. The molecule has 4 heteroatoms. The van der Waals surface area contributed by atoms with Crippen molar-refractivity contribution in [3.8, 4) is 0 Å². The molecule has 1 aliphatic carbocycles. The zero-order chi connectivity index (χ0) is 12.4. The summed E-state index contributed by atoms with van der Waals surface area (Å²) in [5.74, 6) is 1.25. The van der Waals surface area contributed by atoms with Crippen LogP contribution in [0.3, 0.4) is 0 Å². The van der Waals surface area contributed by atoms with Crippen LogP contribution in [0.15, 0.2) is 4.42 Å². The summed E-state index contributed by atoms with van der Waals surface area (Å²) in [4.78, 5) is 16.2. The van der Waals surface area contributed by atoms with Crippen LogP contribution in [0.4, 0.5) is 0 Å². The van der Waals surface area contributed by atoms with Crippen LogP contribution in [0.1, 0.15) is 74.0 Å². The molecule has 1 saturated carbocycles. The van der Waals surface area contributed by atoms with Gasteiger partial charge in [0.15, 0.2) is 5.89 Å². The summed E-state index contributed by atoms with van der Waals surface area (Å²) < 4.78 is 10.6. The monoisotopic (exact) mass is 237 g/mol. The van der Waals surface area contributed by atoms with Crippen LogP contribution in [0.25, 0.3) is 0 Å². The van der Waals surface area contributed by atoms with E-state index in [1.54, 1.807) is 6.92 Å². The molecule has 0 amide bonds. The number of oxazole rings is 1. The summed E-state index contributed by atoms with van der Waals surface area (Å²) >= 11 is 0. The second-order valence-electron chi connectivity index (χ2n) is 4.57. The standard InChI is InChI=1S/C13H19NO3/c1-4-8(3)12-14-10(9-6-7-9)11(17-12)13(15)16-5-2/h8-9H,4-7H2,1-3H3. The van der Waals surface area contributed by atoms with Gasteiger partial charge in [0.1, 0.15) is 0 Å². The first-order valence-electron chi connectivity index (χ1n) is 6.35. The second kappa shape index (κ2) is 4.90. The number of rotatable bonds is 5. The van der Waals surface area contributed by atoms with E-state index in [-0.39, 0.29) is 11.9 Å². The van der Waals surface area contributed by atoms with Gasteiger partial charge in [-0.05, 0) is 26.2 Å². The SMILES string of the molecule is CCOC(=O)c1oc(C(C)CC)nc1C1CC1. The van der Waals surface area contributed by atoms with Crippen molar-refractivity contribution in [2.45, 2.75) is 51.9 Å². The first-order chi connectivity index (χ1) is 8.17. The van der Waals surface area contributed by atoms with Crippen molar-refractivity contribution in [2.24, 2.45) is 0 Å². The van der Waals surface area contributed by atoms with E-state index in [1.165, 1.54) is 0 Å². The molecule has 0 aliphatic heterocycles. The number of carbonyl (C=O) groups excluding carboxylic acids is 1. The van der Waals surface area contributed by atoms with E-state index in [4.69, 9.17) is 9.15 Å². The summed E-state index contributed by atoms with van der Waals surface area (Å²) in [7, 11) is 0. The van der Waals surface area contributed by atoms with Crippen LogP contribution in [-0.4, -0.2) is 17.6 Å². The molecule has 0 N–H and O–H groups in total. The number of esters is 1. The van der Waals surface area contributed by atoms with E-state index in [9.17, 15) is 4.79 Å². The molecular formula is C13H19NO3. The van der Waals surface area contributed by atoms with Crippen molar-refractivity contribution in [3.05, 3.63) is 17.3 Å². The lowest BCUT2D eigenvalue weighted by atomic mass is 10.1. The first kappa shape index (κ1) is 12.1. The van der Waals surface area contributed by atoms with Crippen molar-refractivity contribution in [3.63, 3.8) is 0 Å². The summed E-state index contributed by atoms with van der Waals surface area (Å²) in [5, 5.41) is 0. The number of carbonyl (C=O) groups is 1. The minimum Gasteiger partial charge on any atom is -0.460 e. The van der Waals surface area contributed by atoms with Crippen LogP contribution < -0.4 is 0 Å². The Balaban J connectivity index is 2.28. The van der Waals surface area contributed by atoms with Crippen molar-refractivity contribution >= 4 is 5.97 Å². The fourth-order valence-corrected chi connectivity index (χ4v) is 1.71. The van der Waals surface area contributed by atoms with E-state index < -0.39 is 0 Å². The summed E-state index contributed by atoms with van der Waals surface area (Å²) in [6.45, 7) is 6.29. The van der Waals surface area contributed by atoms with E-state index in [0.29, 0.717) is 24.2 Å². The molecule has 4 nitrogen and oxygen atoms in total. The molecular weight excluding hydrogens is 218 g/mol. The smallest absolute Gasteiger partial charge is 0.376 e. The van der Waals surface area contributed by atoms with Gasteiger partial charge in [0, 0.05) is 11.8 Å². The minimum atomic E-state index is -0.378. The topological polar surface area (TPSA) is 52.3 Å². The van der Waals surface area contributed by atoms with Gasteiger partial charge in [-0.2, -0.15) is 0 Å². The average molecular weight is 237 g/mol. The van der Waals surface area contributed by atoms with Gasteiger partial charge in [-0.3, -0.25) is 0 Å². The van der Waals surface area contributed by atoms with E-state index in [2.05, 4.69) is 18.8 Å². The second-order valence-corrected chi connectivity index (χ2v) is 4.57. The molecule has 0 saturated heterocycles. The Morgan fingerprint density at radius 1 is 1.53 bits per heavy atom. The number of hydrogen-bond acceptors (Lipinski definition) is 4. The molecule has 0 aromatic carbocycles. The Kier molecular flexibility index (Phi) is 3.50. The largest absolute Gasteiger partial charge is 0.460 e. The van der Waals surface area contributed by atoms with Crippen LogP contribution in [0.2, 0.25) is 0 Å². The molecule has 1 atom stereocenters. The van der Waals surface area contributed by atoms with Gasteiger partial charge in [-0.1, -0.05) is 13.8 Å². The molecule has 1 fully saturated rings. The van der Waals surface area contributed by atoms with E-state index in [1.807, 2.05) is 0 Å². The fourth-order valence-electron chi connectivity index (χ4n) is 1.71. The van der Waals surface area contributed by atoms with Gasteiger partial charge >= 0.3 is 5.97 Å². The normalized spacial score (nSPS) is 16.9. The van der Waals surface area contributed by atoms with Gasteiger partial charge in [0.25, 0.3) is 0 Å². The van der Waals surface area contributed by atoms with Crippen molar-refractivity contribution in [2.75, 3.05) is 6.61 Å². The lowest BCUT2D eigenvalue weighted by Gasteiger charge is -2.01. The van der Waals surface area contributed by atoms with Crippen LogP contribution in [0.5, 0.6) is 0 Å². The minimum absolute atomic E-state index is 0.246. The third kappa shape index (κ3) is 2.51. The number of hydrogen-bond donors (Lipinski definition) is 0. The zero-order valence-corrected chi connectivity index (χ0v) is 10.7. The highest BCUT2D eigenvalue weighted by molar-refractivity contribution is 5.87. The molecule has 0 radical (unpaired) electrons. The molecule has 1 heterocycles. The van der Waals surface area contributed by atoms with Crippen LogP contribution >= 0.6 is 0 Å². The van der Waals surface area contributed by atoms with Crippen molar-refractivity contribution in [1.82, 2.24) is 4.98 Å². The highest BCUT2D eigenvalue weighted by Crippen LogP contribution is 2.42. The molecule has 1 aromatic heterocycles. The van der Waals surface area contributed by atoms with Gasteiger partial charge < -0.3 is 9.15 Å². The number of ether oxygens (including phenoxy) is 1. The van der Waals surface area contributed by atoms with Crippen LogP contribution in [0, 0.1) is 0 Å². The molecule has 1 aromatic rings. The maximum atomic E-state index is 11.8. The zero-order valence-electron chi connectivity index (χ0n) is 10.7. The summed E-state index contributed by atoms with van der Waals surface area (Å²) in [6.07, 6.45) is 3.14. The molecule has 94 valence electrons. The predicted molar refractivity (Wildman–Crippen MR) is 63.1 cm³/mol. The molecule has 17 heavy (non-hydrogen) atoms. The molecule has 0 spiro atoms. The third-order valence-electron chi connectivity index (χ3n) is 3.13. The summed E-state index contributed by atoms with van der Waals surface area (Å²) in [6, 6.07) is 0. The molecule has 1 unspecified atom stereocenters. The molecule has 1 aliphatic rings. The Labute approximate surface area is 101 Å². The highest BCUT2D eigenvalue weighted by Gasteiger charge is 2.34. The molecule has 0 bridgehead atoms. The van der Waals surface area contributed by atoms with Gasteiger partial charge in [0.2, 0.25) is 5.76 Å². The quantitative estimate of drug-likeness (QED) is 0.738. The lowest BCUT2D eigenvalue weighted by molar-refractivity contribution is 0.0485. The maximum Gasteiger partial charge on any atom is 0.376 e. The van der Waals surface area contributed by atoms with Gasteiger partial charge in [-0.15, -0.1) is 0 Å². The first-order valence-corrected chi connectivity index (χ1v) is 6.35. The van der Waals surface area contributed by atoms with Gasteiger partial charge in [-0.25, -0.2) is 9.78 Å². The predicted octanol–water partition coefficient (Wildman–Crippen LogP) is 3.24. The highest BCUT2D eigenvalue weighted by atomic mass is 16.5. The van der Waals surface area contributed by atoms with Crippen molar-refractivity contribution in [1.29, 1.82) is 0 Å². The fraction of sp³-hybridized carbons (Fsp3) is 0.692. The molecule has 2 rings (SSSR count). The van der Waals surface area contributed by atoms with E-state index >= 15 is 0 Å². The Morgan fingerprint density at radius 2 is 2.24 bits per heavy atom. The van der Waals surface area contributed by atoms with Crippen LogP contribution in [-0.2, 0) is 4.74 Å². The summed E-state index contributed by atoms with van der Waals surface area (Å²) in [5.41, 5.74) is 0.804. The third-order valence-corrected chi connectivity index (χ3v) is 3.13. The maximum absolute atomic E-state index is 11.8. The Bertz CT molecular complexity index is 407. The Hall–Kier alpha value is -1.32. The Morgan fingerprint density at radius 3 is 2.76 bits per heavy atom. The van der Waals surface area contributed by atoms with Crippen molar-refractivity contribution < 1.29 is 13.9 Å².